The van der Waals surface area contributed by atoms with Gasteiger partial charge in [0.15, 0.2) is 5.78 Å². The molecule has 0 aromatic heterocycles. The van der Waals surface area contributed by atoms with Crippen molar-refractivity contribution < 1.29 is 9.00 Å². The summed E-state index contributed by atoms with van der Waals surface area (Å²) in [7, 11) is -1.11. The molecule has 1 aliphatic heterocycles. The van der Waals surface area contributed by atoms with Gasteiger partial charge in [0.05, 0.1) is 6.54 Å². The highest BCUT2D eigenvalue weighted by atomic mass is 32.2. The van der Waals surface area contributed by atoms with Gasteiger partial charge >= 0.3 is 0 Å². The Morgan fingerprint density at radius 2 is 2.50 bits per heavy atom. The van der Waals surface area contributed by atoms with Crippen LogP contribution in [0.15, 0.2) is 11.5 Å². The molecule has 0 aromatic carbocycles. The van der Waals surface area contributed by atoms with Crippen LogP contribution in [0.1, 0.15) is 0 Å². The normalized spacial score (nSPS) is 28.5. The minimum Gasteiger partial charge on any atom is -0.293 e. The number of hydrogen-bond donors (Lipinski definition) is 1. The van der Waals surface area contributed by atoms with Crippen molar-refractivity contribution in [2.45, 2.75) is 0 Å². The second kappa shape index (κ2) is 2.19. The van der Waals surface area contributed by atoms with Crippen molar-refractivity contribution in [3.05, 3.63) is 11.5 Å². The van der Waals surface area contributed by atoms with Crippen molar-refractivity contribution in [3.8, 4) is 0 Å². The van der Waals surface area contributed by atoms with E-state index in [1.165, 1.54) is 11.5 Å². The van der Waals surface area contributed by atoms with Crippen LogP contribution >= 0.6 is 0 Å². The van der Waals surface area contributed by atoms with E-state index in [4.69, 9.17) is 0 Å². The van der Waals surface area contributed by atoms with Gasteiger partial charge in [-0.2, -0.15) is 0 Å². The van der Waals surface area contributed by atoms with Gasteiger partial charge in [0, 0.05) is 5.41 Å². The Labute approximate surface area is 49.4 Å². The monoisotopic (exact) mass is 131 g/mol. The molecule has 44 valence electrons. The fraction of sp³-hybridized carbons (Fsp3) is 0.250. The van der Waals surface area contributed by atoms with Crippen LogP contribution in [0.4, 0.5) is 0 Å². The van der Waals surface area contributed by atoms with Gasteiger partial charge in [0.25, 0.3) is 0 Å². The van der Waals surface area contributed by atoms with Crippen molar-refractivity contribution in [1.82, 2.24) is 4.72 Å². The molecule has 1 aliphatic rings. The molecule has 8 heavy (non-hydrogen) atoms. The summed E-state index contributed by atoms with van der Waals surface area (Å²) < 4.78 is 12.8. The van der Waals surface area contributed by atoms with Crippen molar-refractivity contribution in [2.75, 3.05) is 6.54 Å². The van der Waals surface area contributed by atoms with E-state index in [-0.39, 0.29) is 12.3 Å². The molecule has 1 unspecified atom stereocenters. The first-order chi connectivity index (χ1) is 3.79. The van der Waals surface area contributed by atoms with Crippen LogP contribution in [0.2, 0.25) is 0 Å². The fourth-order valence-corrected chi connectivity index (χ4v) is 1.04. The van der Waals surface area contributed by atoms with Crippen LogP contribution in [0, 0.1) is 0 Å². The standard InChI is InChI=1S/C4H5NO2S/c6-4-1-2-8(7)5-3-4/h1-2,5H,3H2. The number of rotatable bonds is 0. The Kier molecular flexibility index (Phi) is 1.55. The zero-order valence-corrected chi connectivity index (χ0v) is 4.90. The lowest BCUT2D eigenvalue weighted by molar-refractivity contribution is -0.113. The van der Waals surface area contributed by atoms with Crippen LogP contribution in [-0.4, -0.2) is 16.5 Å². The molecule has 0 aromatic rings. The van der Waals surface area contributed by atoms with Crippen molar-refractivity contribution in [2.24, 2.45) is 0 Å². The van der Waals surface area contributed by atoms with Gasteiger partial charge in [-0.1, -0.05) is 0 Å². The van der Waals surface area contributed by atoms with Gasteiger partial charge in [-0.25, -0.2) is 8.93 Å². The van der Waals surface area contributed by atoms with E-state index in [0.717, 1.165) is 0 Å². The van der Waals surface area contributed by atoms with Crippen molar-refractivity contribution in [1.29, 1.82) is 0 Å². The molecule has 4 heteroatoms. The van der Waals surface area contributed by atoms with Gasteiger partial charge in [0.2, 0.25) is 0 Å². The summed E-state index contributed by atoms with van der Waals surface area (Å²) in [5, 5.41) is 1.34. The summed E-state index contributed by atoms with van der Waals surface area (Å²) in [5.41, 5.74) is 0. The third kappa shape index (κ3) is 1.24. The number of carbonyl (C=O) groups is 1. The van der Waals surface area contributed by atoms with Crippen LogP contribution in [-0.2, 0) is 15.8 Å². The quantitative estimate of drug-likeness (QED) is 0.474. The number of carbonyl (C=O) groups excluding carboxylic acids is 1. The van der Waals surface area contributed by atoms with E-state index >= 15 is 0 Å². The molecular weight excluding hydrogens is 126 g/mol. The molecule has 0 aliphatic carbocycles. The average Bonchev–Trinajstić information content (AvgIpc) is 1.77. The summed E-state index contributed by atoms with van der Waals surface area (Å²) in [5.74, 6) is -0.0235. The molecule has 0 amide bonds. The summed E-state index contributed by atoms with van der Waals surface area (Å²) in [6.45, 7) is 0.198. The lowest BCUT2D eigenvalue weighted by atomic mass is 10.4. The number of nitrogens with one attached hydrogen (secondary N) is 1. The summed E-state index contributed by atoms with van der Waals surface area (Å²) in [6, 6.07) is 0. The molecule has 0 bridgehead atoms. The van der Waals surface area contributed by atoms with Crippen LogP contribution in [0.25, 0.3) is 0 Å². The van der Waals surface area contributed by atoms with Gasteiger partial charge < -0.3 is 0 Å². The highest BCUT2D eigenvalue weighted by Crippen LogP contribution is 1.87. The number of ketones is 1. The maximum atomic E-state index is 10.4. The van der Waals surface area contributed by atoms with E-state index < -0.39 is 11.0 Å². The third-order valence-electron chi connectivity index (χ3n) is 0.766. The van der Waals surface area contributed by atoms with E-state index in [1.54, 1.807) is 0 Å². The van der Waals surface area contributed by atoms with E-state index in [0.29, 0.717) is 0 Å². The molecule has 0 spiro atoms. The molecule has 3 nitrogen and oxygen atoms in total. The highest BCUT2D eigenvalue weighted by Gasteiger charge is 2.04. The first kappa shape index (κ1) is 5.65. The maximum absolute atomic E-state index is 10.4. The summed E-state index contributed by atoms with van der Waals surface area (Å²) in [6.07, 6.45) is 1.33. The first-order valence-electron chi connectivity index (χ1n) is 2.14. The summed E-state index contributed by atoms with van der Waals surface area (Å²) in [4.78, 5) is 10.3. The topological polar surface area (TPSA) is 46.2 Å². The van der Waals surface area contributed by atoms with Crippen LogP contribution in [0.5, 0.6) is 0 Å². The molecule has 0 fully saturated rings. The second-order valence-corrected chi connectivity index (χ2v) is 2.54. The molecule has 1 atom stereocenters. The fourth-order valence-electron chi connectivity index (χ4n) is 0.387. The van der Waals surface area contributed by atoms with E-state index in [9.17, 15) is 9.00 Å². The predicted molar refractivity (Wildman–Crippen MR) is 30.3 cm³/mol. The smallest absolute Gasteiger partial charge is 0.171 e. The molecule has 1 heterocycles. The lowest BCUT2D eigenvalue weighted by Gasteiger charge is -2.00. The van der Waals surface area contributed by atoms with Gasteiger partial charge in [-0.3, -0.25) is 4.79 Å². The molecule has 1 rings (SSSR count). The lowest BCUT2D eigenvalue weighted by Crippen LogP contribution is -2.26. The molecular formula is C4H5NO2S. The number of hydrogen-bond acceptors (Lipinski definition) is 2. The first-order valence-corrected chi connectivity index (χ1v) is 3.35. The Bertz CT molecular complexity index is 145. The van der Waals surface area contributed by atoms with Gasteiger partial charge in [-0.15, -0.1) is 0 Å². The Morgan fingerprint density at radius 3 is 2.88 bits per heavy atom. The average molecular weight is 131 g/mol. The third-order valence-corrected chi connectivity index (χ3v) is 1.58. The maximum Gasteiger partial charge on any atom is 0.171 e. The van der Waals surface area contributed by atoms with Crippen molar-refractivity contribution in [3.63, 3.8) is 0 Å². The highest BCUT2D eigenvalue weighted by molar-refractivity contribution is 7.86. The van der Waals surface area contributed by atoms with Crippen LogP contribution < -0.4 is 4.72 Å². The SMILES string of the molecule is O=C1C=CS(=O)NC1. The van der Waals surface area contributed by atoms with Crippen molar-refractivity contribution >= 4 is 16.8 Å². The van der Waals surface area contributed by atoms with Gasteiger partial charge in [-0.05, 0) is 6.08 Å². The summed E-state index contributed by atoms with van der Waals surface area (Å²) >= 11 is 0. The molecule has 1 N–H and O–H groups in total. The molecule has 0 saturated heterocycles. The minimum atomic E-state index is -1.11. The Balaban J connectivity index is 2.68. The largest absolute Gasteiger partial charge is 0.293 e. The predicted octanol–water partition coefficient (Wildman–Crippen LogP) is -0.664. The van der Waals surface area contributed by atoms with E-state index in [2.05, 4.69) is 4.72 Å². The van der Waals surface area contributed by atoms with Crippen LogP contribution in [0.3, 0.4) is 0 Å². The second-order valence-electron chi connectivity index (χ2n) is 1.39. The Morgan fingerprint density at radius 1 is 1.75 bits per heavy atom. The molecule has 0 saturated carbocycles. The Hall–Kier alpha value is -0.480. The zero-order chi connectivity index (χ0) is 5.98. The zero-order valence-electron chi connectivity index (χ0n) is 4.09. The molecule has 0 radical (unpaired) electrons. The minimum absolute atomic E-state index is 0.0235. The van der Waals surface area contributed by atoms with Gasteiger partial charge in [0.1, 0.15) is 11.0 Å². The van der Waals surface area contributed by atoms with E-state index in [1.807, 2.05) is 0 Å².